The van der Waals surface area contributed by atoms with E-state index in [0.29, 0.717) is 11.8 Å². The first-order valence-corrected chi connectivity index (χ1v) is 9.42. The second-order valence-corrected chi connectivity index (χ2v) is 6.85. The van der Waals surface area contributed by atoms with Crippen LogP contribution in [0.2, 0.25) is 0 Å². The van der Waals surface area contributed by atoms with E-state index in [0.717, 1.165) is 48.8 Å². The maximum atomic E-state index is 4.67. The number of piperidine rings is 1. The van der Waals surface area contributed by atoms with Crippen molar-refractivity contribution in [2.75, 3.05) is 23.3 Å². The Hall–Kier alpha value is -3.55. The van der Waals surface area contributed by atoms with Crippen LogP contribution in [0.3, 0.4) is 0 Å². The van der Waals surface area contributed by atoms with Crippen LogP contribution < -0.4 is 10.2 Å². The molecule has 0 spiro atoms. The molecule has 0 amide bonds. The third kappa shape index (κ3) is 3.24. The van der Waals surface area contributed by atoms with Crippen LogP contribution in [0, 0.1) is 0 Å². The summed E-state index contributed by atoms with van der Waals surface area (Å²) in [7, 11) is 0. The first kappa shape index (κ1) is 16.6. The van der Waals surface area contributed by atoms with Crippen LogP contribution in [0.1, 0.15) is 12.8 Å². The van der Waals surface area contributed by atoms with Crippen molar-refractivity contribution in [3.8, 4) is 11.3 Å². The first-order valence-electron chi connectivity index (χ1n) is 9.42. The normalized spacial score (nSPS) is 15.1. The molecule has 4 heterocycles. The molecule has 1 aliphatic heterocycles. The van der Waals surface area contributed by atoms with Crippen molar-refractivity contribution in [2.45, 2.75) is 18.9 Å². The molecule has 0 bridgehead atoms. The number of aromatic nitrogens is 6. The molecule has 1 N–H and O–H groups in total. The van der Waals surface area contributed by atoms with Gasteiger partial charge in [-0.1, -0.05) is 30.3 Å². The van der Waals surface area contributed by atoms with Gasteiger partial charge in [0.2, 0.25) is 0 Å². The molecule has 1 fully saturated rings. The van der Waals surface area contributed by atoms with Gasteiger partial charge in [-0.05, 0) is 25.0 Å². The lowest BCUT2D eigenvalue weighted by Crippen LogP contribution is -2.40. The van der Waals surface area contributed by atoms with E-state index in [4.69, 9.17) is 0 Å². The first-order chi connectivity index (χ1) is 13.9. The number of benzene rings is 1. The summed E-state index contributed by atoms with van der Waals surface area (Å²) >= 11 is 0. The number of nitrogens with zero attached hydrogens (tertiary/aromatic N) is 7. The number of anilines is 2. The van der Waals surface area contributed by atoms with Crippen LogP contribution in [0.5, 0.6) is 0 Å². The Labute approximate surface area is 162 Å². The van der Waals surface area contributed by atoms with Crippen LogP contribution in [0.15, 0.2) is 61.1 Å². The van der Waals surface area contributed by atoms with Crippen molar-refractivity contribution in [1.82, 2.24) is 29.8 Å². The molecule has 8 nitrogen and oxygen atoms in total. The molecular formula is C20H20N8. The molecule has 1 aromatic carbocycles. The van der Waals surface area contributed by atoms with Gasteiger partial charge in [-0.3, -0.25) is 0 Å². The zero-order chi connectivity index (χ0) is 18.8. The number of hydrogen-bond acceptors (Lipinski definition) is 7. The summed E-state index contributed by atoms with van der Waals surface area (Å²) in [4.78, 5) is 11.3. The molecular weight excluding hydrogens is 352 g/mol. The van der Waals surface area contributed by atoms with Crippen LogP contribution >= 0.6 is 0 Å². The van der Waals surface area contributed by atoms with Gasteiger partial charge >= 0.3 is 0 Å². The highest BCUT2D eigenvalue weighted by atomic mass is 15.4. The van der Waals surface area contributed by atoms with Crippen molar-refractivity contribution in [2.24, 2.45) is 0 Å². The molecule has 28 heavy (non-hydrogen) atoms. The van der Waals surface area contributed by atoms with E-state index in [1.54, 1.807) is 12.5 Å². The Balaban J connectivity index is 1.38. The second-order valence-electron chi connectivity index (χ2n) is 6.85. The largest absolute Gasteiger partial charge is 0.366 e. The van der Waals surface area contributed by atoms with Crippen LogP contribution in [-0.4, -0.2) is 48.9 Å². The lowest BCUT2D eigenvalue weighted by molar-refractivity contribution is 0.518. The molecule has 1 aliphatic rings. The molecule has 3 aromatic heterocycles. The van der Waals surface area contributed by atoms with E-state index in [-0.39, 0.29) is 0 Å². The van der Waals surface area contributed by atoms with Gasteiger partial charge in [-0.15, -0.1) is 5.10 Å². The molecule has 0 atom stereocenters. The highest BCUT2D eigenvalue weighted by Gasteiger charge is 2.22. The highest BCUT2D eigenvalue weighted by Crippen LogP contribution is 2.26. The smallest absolute Gasteiger partial charge is 0.254 e. The maximum absolute atomic E-state index is 4.67. The monoisotopic (exact) mass is 372 g/mol. The van der Waals surface area contributed by atoms with Gasteiger partial charge in [0, 0.05) is 37.0 Å². The van der Waals surface area contributed by atoms with Crippen molar-refractivity contribution in [1.29, 1.82) is 0 Å². The van der Waals surface area contributed by atoms with E-state index in [1.165, 1.54) is 0 Å². The molecule has 0 unspecified atom stereocenters. The van der Waals surface area contributed by atoms with Gasteiger partial charge in [0.05, 0.1) is 5.69 Å². The van der Waals surface area contributed by atoms with Crippen LogP contribution in [0.4, 0.5) is 11.6 Å². The van der Waals surface area contributed by atoms with E-state index in [1.807, 2.05) is 34.8 Å². The van der Waals surface area contributed by atoms with Gasteiger partial charge in [-0.2, -0.15) is 19.7 Å². The molecule has 5 rings (SSSR count). The van der Waals surface area contributed by atoms with Crippen LogP contribution in [0.25, 0.3) is 17.0 Å². The summed E-state index contributed by atoms with van der Waals surface area (Å²) in [5, 5.41) is 15.9. The topological polar surface area (TPSA) is 84.1 Å². The van der Waals surface area contributed by atoms with E-state index in [2.05, 4.69) is 53.7 Å². The molecule has 0 saturated carbocycles. The molecule has 1 saturated heterocycles. The fraction of sp³-hybridized carbons (Fsp3) is 0.250. The van der Waals surface area contributed by atoms with E-state index >= 15 is 0 Å². The third-order valence-corrected chi connectivity index (χ3v) is 5.05. The Bertz CT molecular complexity index is 1060. The van der Waals surface area contributed by atoms with E-state index < -0.39 is 0 Å². The zero-order valence-corrected chi connectivity index (χ0v) is 15.3. The van der Waals surface area contributed by atoms with Gasteiger partial charge < -0.3 is 10.2 Å². The van der Waals surface area contributed by atoms with Gasteiger partial charge in [0.1, 0.15) is 18.0 Å². The predicted molar refractivity (Wildman–Crippen MR) is 107 cm³/mol. The standard InChI is InChI=1S/C20H20N8/c1-2-5-15(6-3-1)17-13-19(28-20(25-17)21-14-23-28)27-11-8-16(9-12-27)24-18-7-4-10-22-26-18/h1-7,10,13-14,16H,8-9,11-12H2,(H,24,26). The molecule has 8 heteroatoms. The van der Waals surface area contributed by atoms with Gasteiger partial charge in [-0.25, -0.2) is 4.98 Å². The maximum Gasteiger partial charge on any atom is 0.254 e. The summed E-state index contributed by atoms with van der Waals surface area (Å²) in [6.45, 7) is 1.84. The number of fused-ring (bicyclic) bond motifs is 1. The SMILES string of the molecule is c1ccc(-c2cc(N3CCC(Nc4cccnn4)CC3)n3ncnc3n2)cc1. The minimum Gasteiger partial charge on any atom is -0.366 e. The average molecular weight is 372 g/mol. The quantitative estimate of drug-likeness (QED) is 0.589. The number of hydrogen-bond donors (Lipinski definition) is 1. The van der Waals surface area contributed by atoms with Crippen molar-refractivity contribution in [3.05, 3.63) is 61.1 Å². The van der Waals surface area contributed by atoms with Crippen molar-refractivity contribution >= 4 is 17.4 Å². The molecule has 0 aliphatic carbocycles. The van der Waals surface area contributed by atoms with Crippen molar-refractivity contribution < 1.29 is 0 Å². The summed E-state index contributed by atoms with van der Waals surface area (Å²) in [6.07, 6.45) is 5.26. The van der Waals surface area contributed by atoms with Gasteiger partial charge in [0.25, 0.3) is 5.78 Å². The molecule has 4 aromatic rings. The van der Waals surface area contributed by atoms with Crippen molar-refractivity contribution in [3.63, 3.8) is 0 Å². The Morgan fingerprint density at radius 3 is 2.64 bits per heavy atom. The van der Waals surface area contributed by atoms with Crippen LogP contribution in [-0.2, 0) is 0 Å². The lowest BCUT2D eigenvalue weighted by Gasteiger charge is -2.34. The molecule has 140 valence electrons. The van der Waals surface area contributed by atoms with E-state index in [9.17, 15) is 0 Å². The minimum absolute atomic E-state index is 0.384. The summed E-state index contributed by atoms with van der Waals surface area (Å²) in [6, 6.07) is 16.5. The van der Waals surface area contributed by atoms with Gasteiger partial charge in [0.15, 0.2) is 0 Å². The fourth-order valence-corrected chi connectivity index (χ4v) is 3.62. The summed E-state index contributed by atoms with van der Waals surface area (Å²) in [5.41, 5.74) is 1.99. The summed E-state index contributed by atoms with van der Waals surface area (Å²) < 4.78 is 1.82. The fourth-order valence-electron chi connectivity index (χ4n) is 3.62. The molecule has 0 radical (unpaired) electrons. The average Bonchev–Trinajstić information content (AvgIpc) is 3.24. The third-order valence-electron chi connectivity index (χ3n) is 5.05. The Morgan fingerprint density at radius 1 is 1.00 bits per heavy atom. The summed E-state index contributed by atoms with van der Waals surface area (Å²) in [5.74, 6) is 2.48. The zero-order valence-electron chi connectivity index (χ0n) is 15.3. The highest BCUT2D eigenvalue weighted by molar-refractivity contribution is 5.65. The minimum atomic E-state index is 0.384. The lowest BCUT2D eigenvalue weighted by atomic mass is 10.0. The number of nitrogens with one attached hydrogen (secondary N) is 1. The second kappa shape index (κ2) is 7.22. The predicted octanol–water partition coefficient (Wildman–Crippen LogP) is 2.66. The Morgan fingerprint density at radius 2 is 1.86 bits per heavy atom. The Kier molecular flexibility index (Phi) is 4.29. The number of rotatable bonds is 4.